The monoisotopic (exact) mass is 326 g/mol. The Bertz CT molecular complexity index is 620. The molecule has 0 saturated carbocycles. The summed E-state index contributed by atoms with van der Waals surface area (Å²) in [7, 11) is 0. The van der Waals surface area contributed by atoms with Crippen molar-refractivity contribution in [1.29, 1.82) is 0 Å². The van der Waals surface area contributed by atoms with Gasteiger partial charge < -0.3 is 15.7 Å². The molecule has 0 aliphatic rings. The molecule has 1 atom stereocenters. The number of carbonyl (C=O) groups is 1. The molecule has 1 unspecified atom stereocenters. The lowest BCUT2D eigenvalue weighted by Gasteiger charge is -2.11. The lowest BCUT2D eigenvalue weighted by molar-refractivity contribution is 0.173. The van der Waals surface area contributed by atoms with E-state index in [0.29, 0.717) is 0 Å². The molecule has 2 aromatic rings. The normalized spacial score (nSPS) is 12.0. The van der Waals surface area contributed by atoms with Gasteiger partial charge in [-0.25, -0.2) is 13.6 Å². The molecule has 1 aromatic carbocycles. The molecule has 118 valence electrons. The van der Waals surface area contributed by atoms with E-state index >= 15 is 0 Å². The zero-order valence-corrected chi connectivity index (χ0v) is 12.5. The van der Waals surface area contributed by atoms with E-state index < -0.39 is 23.8 Å². The molecule has 0 bridgehead atoms. The average Bonchev–Trinajstić information content (AvgIpc) is 3.02. The fourth-order valence-electron chi connectivity index (χ4n) is 1.88. The van der Waals surface area contributed by atoms with Crippen molar-refractivity contribution < 1.29 is 18.7 Å². The Morgan fingerprint density at radius 2 is 2.09 bits per heavy atom. The van der Waals surface area contributed by atoms with E-state index in [-0.39, 0.29) is 25.1 Å². The van der Waals surface area contributed by atoms with Gasteiger partial charge in [0.1, 0.15) is 11.6 Å². The molecule has 1 heterocycles. The molecule has 22 heavy (non-hydrogen) atoms. The minimum absolute atomic E-state index is 0.0803. The van der Waals surface area contributed by atoms with E-state index in [1.165, 1.54) is 11.3 Å². The summed E-state index contributed by atoms with van der Waals surface area (Å²) in [6.45, 7) is 0.248. The van der Waals surface area contributed by atoms with Crippen molar-refractivity contribution in [2.24, 2.45) is 0 Å². The largest absolute Gasteiger partial charge is 0.387 e. The van der Waals surface area contributed by atoms with Crippen LogP contribution in [0.3, 0.4) is 0 Å². The highest BCUT2D eigenvalue weighted by atomic mass is 32.1. The summed E-state index contributed by atoms with van der Waals surface area (Å²) in [5.74, 6) is -1.02. The lowest BCUT2D eigenvalue weighted by Crippen LogP contribution is -2.38. The van der Waals surface area contributed by atoms with Gasteiger partial charge >= 0.3 is 6.03 Å². The number of halogens is 2. The van der Waals surface area contributed by atoms with Gasteiger partial charge in [0.2, 0.25) is 0 Å². The van der Waals surface area contributed by atoms with Crippen LogP contribution in [0.5, 0.6) is 0 Å². The predicted octanol–water partition coefficient (Wildman–Crippen LogP) is 2.60. The number of aliphatic hydroxyl groups excluding tert-OH is 1. The molecule has 4 nitrogen and oxygen atoms in total. The molecule has 2 amide bonds. The van der Waals surface area contributed by atoms with Crippen LogP contribution in [0.1, 0.15) is 17.2 Å². The van der Waals surface area contributed by atoms with Crippen molar-refractivity contribution in [2.75, 3.05) is 13.1 Å². The highest BCUT2D eigenvalue weighted by Gasteiger charge is 2.10. The van der Waals surface area contributed by atoms with Gasteiger partial charge in [0.05, 0.1) is 6.10 Å². The molecule has 0 saturated heterocycles. The Morgan fingerprint density at radius 3 is 2.82 bits per heavy atom. The van der Waals surface area contributed by atoms with E-state index in [0.717, 1.165) is 23.8 Å². The standard InChI is InChI=1S/C15H16F2N2O2S/c16-12-1-2-13(17)10(7-12)3-5-18-15(21)19-8-14(20)11-4-6-22-9-11/h1-2,4,6-7,9,14,20H,3,5,8H2,(H2,18,19,21). The van der Waals surface area contributed by atoms with Crippen LogP contribution in [0.15, 0.2) is 35.0 Å². The number of hydrogen-bond acceptors (Lipinski definition) is 3. The van der Waals surface area contributed by atoms with Gasteiger partial charge in [-0.05, 0) is 52.6 Å². The zero-order chi connectivity index (χ0) is 15.9. The highest BCUT2D eigenvalue weighted by Crippen LogP contribution is 2.15. The number of amides is 2. The van der Waals surface area contributed by atoms with Crippen molar-refractivity contribution >= 4 is 17.4 Å². The quantitative estimate of drug-likeness (QED) is 0.764. The van der Waals surface area contributed by atoms with Crippen LogP contribution >= 0.6 is 11.3 Å². The third-order valence-corrected chi connectivity index (χ3v) is 3.77. The summed E-state index contributed by atoms with van der Waals surface area (Å²) in [5.41, 5.74) is 0.950. The third kappa shape index (κ3) is 4.78. The van der Waals surface area contributed by atoms with Gasteiger partial charge in [-0.1, -0.05) is 0 Å². The molecule has 0 fully saturated rings. The van der Waals surface area contributed by atoms with Crippen molar-refractivity contribution in [3.05, 3.63) is 57.8 Å². The van der Waals surface area contributed by atoms with Crippen LogP contribution in [0.2, 0.25) is 0 Å². The van der Waals surface area contributed by atoms with Crippen LogP contribution in [-0.4, -0.2) is 24.2 Å². The molecule has 0 aliphatic carbocycles. The van der Waals surface area contributed by atoms with Crippen molar-refractivity contribution in [3.63, 3.8) is 0 Å². The summed E-state index contributed by atoms with van der Waals surface area (Å²) >= 11 is 1.46. The average molecular weight is 326 g/mol. The van der Waals surface area contributed by atoms with Crippen LogP contribution in [0.4, 0.5) is 13.6 Å². The highest BCUT2D eigenvalue weighted by molar-refractivity contribution is 7.07. The van der Waals surface area contributed by atoms with Crippen LogP contribution in [0, 0.1) is 11.6 Å². The number of thiophene rings is 1. The molecule has 1 aromatic heterocycles. The zero-order valence-electron chi connectivity index (χ0n) is 11.7. The molecule has 7 heteroatoms. The fraction of sp³-hybridized carbons (Fsp3) is 0.267. The Morgan fingerprint density at radius 1 is 1.27 bits per heavy atom. The van der Waals surface area contributed by atoms with Gasteiger partial charge in [-0.3, -0.25) is 0 Å². The van der Waals surface area contributed by atoms with Gasteiger partial charge in [-0.2, -0.15) is 11.3 Å². The second-order valence-corrected chi connectivity index (χ2v) is 5.48. The molecule has 2 rings (SSSR count). The first kappa shape index (κ1) is 16.4. The van der Waals surface area contributed by atoms with Crippen LogP contribution in [0.25, 0.3) is 0 Å². The smallest absolute Gasteiger partial charge is 0.314 e. The number of nitrogens with one attached hydrogen (secondary N) is 2. The first-order valence-electron chi connectivity index (χ1n) is 6.72. The molecule has 3 N–H and O–H groups in total. The second-order valence-electron chi connectivity index (χ2n) is 4.70. The Balaban J connectivity index is 1.70. The van der Waals surface area contributed by atoms with E-state index in [2.05, 4.69) is 10.6 Å². The first-order valence-corrected chi connectivity index (χ1v) is 7.66. The second kappa shape index (κ2) is 7.86. The number of benzene rings is 1. The number of hydrogen-bond donors (Lipinski definition) is 3. The molecular weight excluding hydrogens is 310 g/mol. The minimum Gasteiger partial charge on any atom is -0.387 e. The van der Waals surface area contributed by atoms with E-state index in [1.807, 2.05) is 5.38 Å². The maximum Gasteiger partial charge on any atom is 0.314 e. The summed E-state index contributed by atoms with van der Waals surface area (Å²) < 4.78 is 26.4. The van der Waals surface area contributed by atoms with Crippen molar-refractivity contribution in [2.45, 2.75) is 12.5 Å². The number of carbonyl (C=O) groups excluding carboxylic acids is 1. The molecule has 0 radical (unpaired) electrons. The number of urea groups is 1. The summed E-state index contributed by atoms with van der Waals surface area (Å²) in [6, 6.07) is 4.52. The summed E-state index contributed by atoms with van der Waals surface area (Å²) in [6.07, 6.45) is -0.581. The fourth-order valence-corrected chi connectivity index (χ4v) is 2.59. The van der Waals surface area contributed by atoms with E-state index in [4.69, 9.17) is 0 Å². The van der Waals surface area contributed by atoms with Gasteiger partial charge in [0, 0.05) is 13.1 Å². The maximum atomic E-state index is 13.4. The van der Waals surface area contributed by atoms with E-state index in [9.17, 15) is 18.7 Å². The van der Waals surface area contributed by atoms with Gasteiger partial charge in [-0.15, -0.1) is 0 Å². The summed E-state index contributed by atoms with van der Waals surface area (Å²) in [4.78, 5) is 11.6. The van der Waals surface area contributed by atoms with Crippen LogP contribution < -0.4 is 10.6 Å². The van der Waals surface area contributed by atoms with Crippen molar-refractivity contribution in [1.82, 2.24) is 10.6 Å². The van der Waals surface area contributed by atoms with Gasteiger partial charge in [0.25, 0.3) is 0 Å². The topological polar surface area (TPSA) is 61.4 Å². The Hall–Kier alpha value is -1.99. The SMILES string of the molecule is O=C(NCCc1cc(F)ccc1F)NCC(O)c1ccsc1. The van der Waals surface area contributed by atoms with E-state index in [1.54, 1.807) is 11.4 Å². The Labute approximate surface area is 130 Å². The molecule has 0 aliphatic heterocycles. The summed E-state index contributed by atoms with van der Waals surface area (Å²) in [5, 5.41) is 18.5. The van der Waals surface area contributed by atoms with Gasteiger partial charge in [0.15, 0.2) is 0 Å². The minimum atomic E-state index is -0.766. The maximum absolute atomic E-state index is 13.4. The molecule has 0 spiro atoms. The third-order valence-electron chi connectivity index (χ3n) is 3.07. The predicted molar refractivity (Wildman–Crippen MR) is 80.7 cm³/mol. The number of rotatable bonds is 6. The Kier molecular flexibility index (Phi) is 5.85. The lowest BCUT2D eigenvalue weighted by atomic mass is 10.1. The van der Waals surface area contributed by atoms with Crippen molar-refractivity contribution in [3.8, 4) is 0 Å². The van der Waals surface area contributed by atoms with Crippen LogP contribution in [-0.2, 0) is 6.42 Å². The number of aliphatic hydroxyl groups is 1. The first-order chi connectivity index (χ1) is 10.6. The molecular formula is C15H16F2N2O2S.